The van der Waals surface area contributed by atoms with Gasteiger partial charge in [-0.25, -0.2) is 4.98 Å². The van der Waals surface area contributed by atoms with Crippen LogP contribution < -0.4 is 0 Å². The van der Waals surface area contributed by atoms with Crippen molar-refractivity contribution < 1.29 is 14.3 Å². The van der Waals surface area contributed by atoms with Crippen LogP contribution in [0.5, 0.6) is 5.75 Å². The lowest BCUT2D eigenvalue weighted by molar-refractivity contribution is 0.0308. The molecule has 1 saturated heterocycles. The molecular weight excluding hydrogens is 268 g/mol. The van der Waals surface area contributed by atoms with E-state index in [1.54, 1.807) is 6.07 Å². The zero-order chi connectivity index (χ0) is 14.2. The zero-order valence-corrected chi connectivity index (χ0v) is 11.6. The summed E-state index contributed by atoms with van der Waals surface area (Å²) < 4.78 is 11.3. The van der Waals surface area contributed by atoms with E-state index in [2.05, 4.69) is 9.88 Å². The molecule has 0 amide bonds. The number of ether oxygens (including phenoxy) is 1. The highest BCUT2D eigenvalue weighted by Gasteiger charge is 2.16. The van der Waals surface area contributed by atoms with Gasteiger partial charge in [-0.3, -0.25) is 4.90 Å². The van der Waals surface area contributed by atoms with Gasteiger partial charge in [0.2, 0.25) is 5.89 Å². The Bertz CT molecular complexity index is 791. The fourth-order valence-corrected chi connectivity index (χ4v) is 2.80. The lowest BCUT2D eigenvalue weighted by Crippen LogP contribution is -2.35. The molecule has 1 fully saturated rings. The summed E-state index contributed by atoms with van der Waals surface area (Å²) in [6.45, 7) is 3.97. The van der Waals surface area contributed by atoms with E-state index >= 15 is 0 Å². The molecule has 1 aromatic heterocycles. The number of fused-ring (bicyclic) bond motifs is 3. The standard InChI is InChI=1S/C16H16N2O3/c19-14-9-13-16(12-4-2-1-3-11(12)14)21-15(17-13)10-18-5-7-20-8-6-18/h1-4,9,19H,5-8,10H2. The molecule has 1 aliphatic rings. The molecule has 5 nitrogen and oxygen atoms in total. The first kappa shape index (κ1) is 12.6. The molecule has 108 valence electrons. The molecular formula is C16H16N2O3. The van der Waals surface area contributed by atoms with Crippen LogP contribution in [0.4, 0.5) is 0 Å². The summed E-state index contributed by atoms with van der Waals surface area (Å²) >= 11 is 0. The smallest absolute Gasteiger partial charge is 0.209 e. The van der Waals surface area contributed by atoms with Crippen molar-refractivity contribution in [2.45, 2.75) is 6.54 Å². The molecule has 5 heteroatoms. The van der Waals surface area contributed by atoms with Crippen LogP contribution in [0.25, 0.3) is 21.9 Å². The molecule has 0 radical (unpaired) electrons. The number of rotatable bonds is 2. The summed E-state index contributed by atoms with van der Waals surface area (Å²) in [4.78, 5) is 6.77. The molecule has 0 atom stereocenters. The van der Waals surface area contributed by atoms with Crippen molar-refractivity contribution in [3.63, 3.8) is 0 Å². The van der Waals surface area contributed by atoms with Crippen molar-refractivity contribution in [1.82, 2.24) is 9.88 Å². The number of hydrogen-bond acceptors (Lipinski definition) is 5. The molecule has 2 heterocycles. The highest BCUT2D eigenvalue weighted by atomic mass is 16.5. The summed E-state index contributed by atoms with van der Waals surface area (Å²) in [7, 11) is 0. The largest absolute Gasteiger partial charge is 0.507 e. The Morgan fingerprint density at radius 3 is 2.71 bits per heavy atom. The first-order valence-corrected chi connectivity index (χ1v) is 7.11. The van der Waals surface area contributed by atoms with E-state index in [-0.39, 0.29) is 5.75 Å². The van der Waals surface area contributed by atoms with Crippen molar-refractivity contribution in [2.24, 2.45) is 0 Å². The summed E-state index contributed by atoms with van der Waals surface area (Å²) in [5.41, 5.74) is 1.45. The Morgan fingerprint density at radius 1 is 1.14 bits per heavy atom. The van der Waals surface area contributed by atoms with Crippen LogP contribution in [-0.4, -0.2) is 41.3 Å². The fraction of sp³-hybridized carbons (Fsp3) is 0.312. The van der Waals surface area contributed by atoms with Gasteiger partial charge in [0.15, 0.2) is 5.58 Å². The first-order chi connectivity index (χ1) is 10.3. The van der Waals surface area contributed by atoms with Gasteiger partial charge in [-0.2, -0.15) is 0 Å². The average molecular weight is 284 g/mol. The number of morpholine rings is 1. The van der Waals surface area contributed by atoms with Crippen LogP contribution >= 0.6 is 0 Å². The van der Waals surface area contributed by atoms with Crippen molar-refractivity contribution in [3.8, 4) is 5.75 Å². The van der Waals surface area contributed by atoms with Gasteiger partial charge in [-0.15, -0.1) is 0 Å². The van der Waals surface area contributed by atoms with E-state index in [0.717, 1.165) is 42.7 Å². The van der Waals surface area contributed by atoms with Crippen molar-refractivity contribution in [1.29, 1.82) is 0 Å². The summed E-state index contributed by atoms with van der Waals surface area (Å²) in [5, 5.41) is 11.8. The molecule has 0 saturated carbocycles. The number of aromatic nitrogens is 1. The monoisotopic (exact) mass is 284 g/mol. The van der Waals surface area contributed by atoms with E-state index in [9.17, 15) is 5.11 Å². The highest BCUT2D eigenvalue weighted by molar-refractivity contribution is 6.06. The summed E-state index contributed by atoms with van der Waals surface area (Å²) in [5.74, 6) is 0.923. The van der Waals surface area contributed by atoms with Crippen LogP contribution in [-0.2, 0) is 11.3 Å². The molecule has 1 N–H and O–H groups in total. The van der Waals surface area contributed by atoms with Crippen LogP contribution in [0.15, 0.2) is 34.7 Å². The van der Waals surface area contributed by atoms with Crippen molar-refractivity contribution >= 4 is 21.9 Å². The third kappa shape index (κ3) is 2.24. The number of benzene rings is 2. The van der Waals surface area contributed by atoms with Crippen LogP contribution in [0, 0.1) is 0 Å². The number of nitrogens with zero attached hydrogens (tertiary/aromatic N) is 2. The molecule has 2 aromatic carbocycles. The predicted octanol–water partition coefficient (Wildman–Crippen LogP) is 2.52. The Balaban J connectivity index is 1.76. The SMILES string of the molecule is Oc1cc2nc(CN3CCOCC3)oc2c2ccccc12. The molecule has 0 spiro atoms. The normalized spacial score (nSPS) is 16.8. The van der Waals surface area contributed by atoms with Gasteiger partial charge in [0, 0.05) is 29.9 Å². The minimum atomic E-state index is 0.240. The Kier molecular flexibility index (Phi) is 3.02. The van der Waals surface area contributed by atoms with E-state index in [4.69, 9.17) is 9.15 Å². The summed E-state index contributed by atoms with van der Waals surface area (Å²) in [6, 6.07) is 9.34. The second kappa shape index (κ2) is 5.02. The Hall–Kier alpha value is -2.11. The molecule has 4 rings (SSSR count). The lowest BCUT2D eigenvalue weighted by atomic mass is 10.1. The van der Waals surface area contributed by atoms with Crippen LogP contribution in [0.3, 0.4) is 0 Å². The second-order valence-electron chi connectivity index (χ2n) is 5.29. The topological polar surface area (TPSA) is 58.7 Å². The Morgan fingerprint density at radius 2 is 1.90 bits per heavy atom. The molecule has 0 aliphatic carbocycles. The van der Waals surface area contributed by atoms with Gasteiger partial charge >= 0.3 is 0 Å². The minimum Gasteiger partial charge on any atom is -0.507 e. The number of phenols is 1. The number of oxazole rings is 1. The van der Waals surface area contributed by atoms with E-state index in [0.29, 0.717) is 18.0 Å². The maximum absolute atomic E-state index is 10.1. The average Bonchev–Trinajstić information content (AvgIpc) is 2.91. The molecule has 0 bridgehead atoms. The quantitative estimate of drug-likeness (QED) is 0.783. The van der Waals surface area contributed by atoms with Gasteiger partial charge in [0.25, 0.3) is 0 Å². The van der Waals surface area contributed by atoms with Gasteiger partial charge in [-0.1, -0.05) is 24.3 Å². The third-order valence-electron chi connectivity index (χ3n) is 3.88. The van der Waals surface area contributed by atoms with Gasteiger partial charge in [-0.05, 0) is 0 Å². The van der Waals surface area contributed by atoms with Gasteiger partial charge < -0.3 is 14.3 Å². The lowest BCUT2D eigenvalue weighted by Gasteiger charge is -2.24. The number of hydrogen-bond donors (Lipinski definition) is 1. The van der Waals surface area contributed by atoms with Gasteiger partial charge in [0.1, 0.15) is 11.3 Å². The highest BCUT2D eigenvalue weighted by Crippen LogP contribution is 2.33. The van der Waals surface area contributed by atoms with Crippen molar-refractivity contribution in [3.05, 3.63) is 36.2 Å². The minimum absolute atomic E-state index is 0.240. The van der Waals surface area contributed by atoms with E-state index in [1.165, 1.54) is 0 Å². The maximum Gasteiger partial charge on any atom is 0.209 e. The third-order valence-corrected chi connectivity index (χ3v) is 3.88. The zero-order valence-electron chi connectivity index (χ0n) is 11.6. The van der Waals surface area contributed by atoms with Gasteiger partial charge in [0.05, 0.1) is 19.8 Å². The fourth-order valence-electron chi connectivity index (χ4n) is 2.80. The maximum atomic E-state index is 10.1. The van der Waals surface area contributed by atoms with Crippen LogP contribution in [0.2, 0.25) is 0 Å². The van der Waals surface area contributed by atoms with E-state index < -0.39 is 0 Å². The van der Waals surface area contributed by atoms with Crippen LogP contribution in [0.1, 0.15) is 5.89 Å². The van der Waals surface area contributed by atoms with Crippen molar-refractivity contribution in [2.75, 3.05) is 26.3 Å². The molecule has 0 unspecified atom stereocenters. The second-order valence-corrected chi connectivity index (χ2v) is 5.29. The van der Waals surface area contributed by atoms with E-state index in [1.807, 2.05) is 24.3 Å². The molecule has 1 aliphatic heterocycles. The molecule has 21 heavy (non-hydrogen) atoms. The number of phenolic OH excluding ortho intramolecular Hbond substituents is 1. The first-order valence-electron chi connectivity index (χ1n) is 7.11. The summed E-state index contributed by atoms with van der Waals surface area (Å²) in [6.07, 6.45) is 0. The number of aromatic hydroxyl groups is 1. The molecule has 3 aromatic rings. The predicted molar refractivity (Wildman–Crippen MR) is 79.3 cm³/mol. The Labute approximate surface area is 121 Å².